The molecular formula is C12H14IN3O3. The summed E-state index contributed by atoms with van der Waals surface area (Å²) < 4.78 is 0.810. The molecule has 7 heteroatoms. The standard InChI is InChI=1S/C12H14IN3O3/c13-8-15-6-2-5-11(15)12(17)14-9-3-1-4-10(7-9)16(18)19/h1,3-4,7,11H,2,5-6,8H2,(H,14,17). The second-order valence-electron chi connectivity index (χ2n) is 4.39. The number of nitrogens with zero attached hydrogens (tertiary/aromatic N) is 2. The molecule has 1 N–H and O–H groups in total. The molecule has 1 amide bonds. The fraction of sp³-hybridized carbons (Fsp3) is 0.417. The van der Waals surface area contributed by atoms with Crippen molar-refractivity contribution in [2.75, 3.05) is 16.4 Å². The van der Waals surface area contributed by atoms with Crippen LogP contribution in [-0.2, 0) is 4.79 Å². The predicted molar refractivity (Wildman–Crippen MR) is 80.3 cm³/mol. The summed E-state index contributed by atoms with van der Waals surface area (Å²) in [5, 5.41) is 13.4. The van der Waals surface area contributed by atoms with Crippen LogP contribution in [0.1, 0.15) is 12.8 Å². The maximum atomic E-state index is 12.1. The van der Waals surface area contributed by atoms with Crippen LogP contribution in [0.25, 0.3) is 0 Å². The van der Waals surface area contributed by atoms with Gasteiger partial charge in [-0.2, -0.15) is 0 Å². The highest BCUT2D eigenvalue weighted by Gasteiger charge is 2.29. The lowest BCUT2D eigenvalue weighted by Crippen LogP contribution is -2.38. The van der Waals surface area contributed by atoms with Crippen molar-refractivity contribution in [3.05, 3.63) is 34.4 Å². The highest BCUT2D eigenvalue weighted by Crippen LogP contribution is 2.21. The molecule has 0 saturated carbocycles. The monoisotopic (exact) mass is 375 g/mol. The first-order valence-electron chi connectivity index (χ1n) is 5.97. The minimum Gasteiger partial charge on any atom is -0.324 e. The molecule has 1 aromatic rings. The molecule has 6 nitrogen and oxygen atoms in total. The van der Waals surface area contributed by atoms with E-state index in [1.807, 2.05) is 0 Å². The Hall–Kier alpha value is -1.22. The van der Waals surface area contributed by atoms with Gasteiger partial charge in [0.05, 0.1) is 15.5 Å². The molecule has 1 unspecified atom stereocenters. The van der Waals surface area contributed by atoms with Gasteiger partial charge in [0.2, 0.25) is 5.91 Å². The van der Waals surface area contributed by atoms with Crippen LogP contribution in [0.4, 0.5) is 11.4 Å². The van der Waals surface area contributed by atoms with Crippen LogP contribution in [0.2, 0.25) is 0 Å². The summed E-state index contributed by atoms with van der Waals surface area (Å²) in [4.78, 5) is 24.5. The van der Waals surface area contributed by atoms with Gasteiger partial charge in [-0.15, -0.1) is 0 Å². The first-order chi connectivity index (χ1) is 9.11. The number of nitrogens with one attached hydrogen (secondary N) is 1. The summed E-state index contributed by atoms with van der Waals surface area (Å²) in [6.45, 7) is 0.927. The van der Waals surface area contributed by atoms with Crippen LogP contribution >= 0.6 is 22.6 Å². The van der Waals surface area contributed by atoms with E-state index in [0.29, 0.717) is 5.69 Å². The number of benzene rings is 1. The minimum absolute atomic E-state index is 0.0185. The van der Waals surface area contributed by atoms with Gasteiger partial charge in [0.25, 0.3) is 5.69 Å². The number of non-ortho nitro benzene ring substituents is 1. The number of amides is 1. The molecule has 102 valence electrons. The van der Waals surface area contributed by atoms with Gasteiger partial charge in [-0.1, -0.05) is 28.7 Å². The van der Waals surface area contributed by atoms with Crippen LogP contribution in [0.15, 0.2) is 24.3 Å². The van der Waals surface area contributed by atoms with Gasteiger partial charge < -0.3 is 5.32 Å². The fourth-order valence-corrected chi connectivity index (χ4v) is 3.01. The summed E-state index contributed by atoms with van der Waals surface area (Å²) in [6, 6.07) is 5.88. The Kier molecular flexibility index (Phi) is 4.70. The highest BCUT2D eigenvalue weighted by molar-refractivity contribution is 14.1. The Morgan fingerprint density at radius 2 is 2.37 bits per heavy atom. The van der Waals surface area contributed by atoms with Crippen LogP contribution in [0.3, 0.4) is 0 Å². The van der Waals surface area contributed by atoms with Gasteiger partial charge in [-0.3, -0.25) is 19.8 Å². The molecule has 1 aliphatic rings. The average molecular weight is 375 g/mol. The predicted octanol–water partition coefficient (Wildman–Crippen LogP) is 2.39. The maximum Gasteiger partial charge on any atom is 0.271 e. The second-order valence-corrected chi connectivity index (χ2v) is 5.07. The van der Waals surface area contributed by atoms with E-state index in [1.54, 1.807) is 12.1 Å². The van der Waals surface area contributed by atoms with Crippen molar-refractivity contribution in [2.45, 2.75) is 18.9 Å². The molecule has 2 rings (SSSR count). The van der Waals surface area contributed by atoms with Crippen molar-refractivity contribution in [3.63, 3.8) is 0 Å². The third kappa shape index (κ3) is 3.41. The Labute approximate surface area is 124 Å². The van der Waals surface area contributed by atoms with E-state index in [0.717, 1.165) is 23.9 Å². The topological polar surface area (TPSA) is 75.5 Å². The number of rotatable bonds is 4. The van der Waals surface area contributed by atoms with Crippen LogP contribution in [0, 0.1) is 10.1 Å². The molecular weight excluding hydrogens is 361 g/mol. The quantitative estimate of drug-likeness (QED) is 0.288. The van der Waals surface area contributed by atoms with Crippen LogP contribution in [-0.4, -0.2) is 32.9 Å². The lowest BCUT2D eigenvalue weighted by molar-refractivity contribution is -0.384. The first kappa shape index (κ1) is 14.2. The largest absolute Gasteiger partial charge is 0.324 e. The smallest absolute Gasteiger partial charge is 0.271 e. The van der Waals surface area contributed by atoms with Gasteiger partial charge >= 0.3 is 0 Å². The zero-order valence-corrected chi connectivity index (χ0v) is 12.4. The maximum absolute atomic E-state index is 12.1. The Bertz CT molecular complexity index is 495. The van der Waals surface area contributed by atoms with Crippen LogP contribution in [0.5, 0.6) is 0 Å². The van der Waals surface area contributed by atoms with E-state index >= 15 is 0 Å². The summed E-state index contributed by atoms with van der Waals surface area (Å²) in [5.41, 5.74) is 0.453. The molecule has 0 spiro atoms. The number of halogens is 1. The van der Waals surface area contributed by atoms with Gasteiger partial charge in [-0.25, -0.2) is 0 Å². The number of hydrogen-bond acceptors (Lipinski definition) is 4. The van der Waals surface area contributed by atoms with Crippen molar-refractivity contribution in [1.29, 1.82) is 0 Å². The number of nitro groups is 1. The van der Waals surface area contributed by atoms with Crippen molar-refractivity contribution < 1.29 is 9.72 Å². The molecule has 1 atom stereocenters. The molecule has 0 bridgehead atoms. The SMILES string of the molecule is O=C(Nc1cccc([N+](=O)[O-])c1)C1CCCN1CI. The molecule has 1 aliphatic heterocycles. The molecule has 0 radical (unpaired) electrons. The Balaban J connectivity index is 2.06. The van der Waals surface area contributed by atoms with Crippen molar-refractivity contribution in [2.24, 2.45) is 0 Å². The Morgan fingerprint density at radius 3 is 3.05 bits per heavy atom. The van der Waals surface area contributed by atoms with E-state index in [-0.39, 0.29) is 17.6 Å². The normalized spacial score (nSPS) is 19.3. The number of likely N-dealkylation sites (tertiary alicyclic amines) is 1. The zero-order valence-electron chi connectivity index (χ0n) is 10.2. The average Bonchev–Trinajstić information content (AvgIpc) is 2.87. The van der Waals surface area contributed by atoms with Crippen molar-refractivity contribution in [1.82, 2.24) is 4.90 Å². The third-order valence-corrected chi connectivity index (χ3v) is 4.02. The van der Waals surface area contributed by atoms with Gasteiger partial charge in [0, 0.05) is 17.8 Å². The summed E-state index contributed by atoms with van der Waals surface area (Å²) in [6.07, 6.45) is 1.85. The minimum atomic E-state index is -0.470. The van der Waals surface area contributed by atoms with E-state index in [4.69, 9.17) is 0 Å². The molecule has 1 aromatic carbocycles. The third-order valence-electron chi connectivity index (χ3n) is 3.14. The number of carbonyl (C=O) groups excluding carboxylic acids is 1. The van der Waals surface area contributed by atoms with Crippen LogP contribution < -0.4 is 5.32 Å². The molecule has 0 aromatic heterocycles. The van der Waals surface area contributed by atoms with Gasteiger partial charge in [0.1, 0.15) is 0 Å². The summed E-state index contributed by atoms with van der Waals surface area (Å²) in [7, 11) is 0. The highest BCUT2D eigenvalue weighted by atomic mass is 127. The number of carbonyl (C=O) groups is 1. The molecule has 19 heavy (non-hydrogen) atoms. The number of anilines is 1. The zero-order chi connectivity index (χ0) is 13.8. The summed E-state index contributed by atoms with van der Waals surface area (Å²) >= 11 is 2.24. The van der Waals surface area contributed by atoms with Crippen molar-refractivity contribution >= 4 is 39.9 Å². The van der Waals surface area contributed by atoms with E-state index in [2.05, 4.69) is 32.8 Å². The number of alkyl halides is 1. The molecule has 1 saturated heterocycles. The van der Waals surface area contributed by atoms with Crippen molar-refractivity contribution in [3.8, 4) is 0 Å². The van der Waals surface area contributed by atoms with E-state index in [9.17, 15) is 14.9 Å². The van der Waals surface area contributed by atoms with Gasteiger partial charge in [-0.05, 0) is 25.5 Å². The second kappa shape index (κ2) is 6.29. The number of hydrogen-bond donors (Lipinski definition) is 1. The lowest BCUT2D eigenvalue weighted by atomic mass is 10.2. The summed E-state index contributed by atoms with van der Waals surface area (Å²) in [5.74, 6) is -0.0883. The molecule has 0 aliphatic carbocycles. The molecule has 1 fully saturated rings. The van der Waals surface area contributed by atoms with Gasteiger partial charge in [0.15, 0.2) is 0 Å². The fourth-order valence-electron chi connectivity index (χ4n) is 2.19. The first-order valence-corrected chi connectivity index (χ1v) is 7.49. The number of nitro benzene ring substituents is 1. The Morgan fingerprint density at radius 1 is 1.58 bits per heavy atom. The van der Waals surface area contributed by atoms with E-state index < -0.39 is 4.92 Å². The molecule has 1 heterocycles. The van der Waals surface area contributed by atoms with E-state index in [1.165, 1.54) is 12.1 Å². The lowest BCUT2D eigenvalue weighted by Gasteiger charge is -2.20.